The molecule has 2 N–H and O–H groups in total. The smallest absolute Gasteiger partial charge is 0.407 e. The molecule has 33 heavy (non-hydrogen) atoms. The Morgan fingerprint density at radius 1 is 1.09 bits per heavy atom. The summed E-state index contributed by atoms with van der Waals surface area (Å²) < 4.78 is 5.57. The predicted octanol–water partition coefficient (Wildman–Crippen LogP) is 4.04. The van der Waals surface area contributed by atoms with Crippen LogP contribution in [-0.2, 0) is 14.3 Å². The van der Waals surface area contributed by atoms with Crippen molar-refractivity contribution in [1.29, 1.82) is 0 Å². The number of ether oxygens (including phenoxy) is 1. The van der Waals surface area contributed by atoms with Crippen molar-refractivity contribution >= 4 is 18.0 Å². The summed E-state index contributed by atoms with van der Waals surface area (Å²) in [6.45, 7) is 7.18. The summed E-state index contributed by atoms with van der Waals surface area (Å²) in [5.74, 6) is -1.59. The summed E-state index contributed by atoms with van der Waals surface area (Å²) in [5, 5.41) is 11.8. The lowest BCUT2D eigenvalue weighted by atomic mass is 9.98. The zero-order chi connectivity index (χ0) is 24.0. The molecule has 0 saturated carbocycles. The first-order valence-corrected chi connectivity index (χ1v) is 11.0. The Morgan fingerprint density at radius 3 is 2.18 bits per heavy atom. The molecule has 0 spiro atoms. The van der Waals surface area contributed by atoms with E-state index in [1.165, 1.54) is 6.08 Å². The molecule has 0 unspecified atom stereocenters. The van der Waals surface area contributed by atoms with E-state index < -0.39 is 30.6 Å². The molecule has 0 aromatic heterocycles. The topological polar surface area (TPSA) is 95.9 Å². The number of fused-ring (bicyclic) bond motifs is 3. The zero-order valence-electron chi connectivity index (χ0n) is 19.0. The van der Waals surface area contributed by atoms with E-state index in [9.17, 15) is 14.4 Å². The highest BCUT2D eigenvalue weighted by molar-refractivity contribution is 5.88. The quantitative estimate of drug-likeness (QED) is 0.533. The summed E-state index contributed by atoms with van der Waals surface area (Å²) >= 11 is 0. The Balaban J connectivity index is 1.70. The first-order valence-electron chi connectivity index (χ1n) is 11.0. The number of hydrogen-bond donors (Lipinski definition) is 2. The molecule has 7 nitrogen and oxygen atoms in total. The molecule has 2 aromatic carbocycles. The van der Waals surface area contributed by atoms with E-state index in [4.69, 9.17) is 9.84 Å². The van der Waals surface area contributed by atoms with Crippen LogP contribution in [0.2, 0.25) is 0 Å². The Bertz CT molecular complexity index is 987. The van der Waals surface area contributed by atoms with Crippen LogP contribution in [-0.4, -0.2) is 53.7 Å². The third kappa shape index (κ3) is 5.80. The number of rotatable bonds is 10. The van der Waals surface area contributed by atoms with Crippen LogP contribution in [0.4, 0.5) is 4.79 Å². The third-order valence-corrected chi connectivity index (χ3v) is 5.63. The van der Waals surface area contributed by atoms with Gasteiger partial charge in [0.05, 0.1) is 0 Å². The van der Waals surface area contributed by atoms with Crippen molar-refractivity contribution in [3.05, 3.63) is 72.3 Å². The Hall–Kier alpha value is -3.61. The van der Waals surface area contributed by atoms with Gasteiger partial charge < -0.3 is 20.1 Å². The van der Waals surface area contributed by atoms with Crippen LogP contribution < -0.4 is 5.32 Å². The van der Waals surface area contributed by atoms with Gasteiger partial charge in [-0.05, 0) is 34.6 Å². The van der Waals surface area contributed by atoms with Gasteiger partial charge in [-0.1, -0.05) is 68.5 Å². The van der Waals surface area contributed by atoms with Gasteiger partial charge in [0.25, 0.3) is 0 Å². The van der Waals surface area contributed by atoms with E-state index >= 15 is 0 Å². The van der Waals surface area contributed by atoms with Gasteiger partial charge in [-0.15, -0.1) is 6.58 Å². The molecule has 0 fully saturated rings. The summed E-state index contributed by atoms with van der Waals surface area (Å²) in [6, 6.07) is 15.2. The Morgan fingerprint density at radius 2 is 1.67 bits per heavy atom. The molecule has 2 amide bonds. The highest BCUT2D eigenvalue weighted by atomic mass is 16.5. The van der Waals surface area contributed by atoms with E-state index in [0.717, 1.165) is 27.2 Å². The fourth-order valence-electron chi connectivity index (χ4n) is 4.25. The van der Waals surface area contributed by atoms with Gasteiger partial charge in [0, 0.05) is 12.5 Å². The summed E-state index contributed by atoms with van der Waals surface area (Å²) in [5.41, 5.74) is 4.45. The van der Waals surface area contributed by atoms with Crippen molar-refractivity contribution < 1.29 is 24.2 Å². The van der Waals surface area contributed by atoms with Crippen LogP contribution >= 0.6 is 0 Å². The lowest BCUT2D eigenvalue weighted by molar-refractivity contribution is -0.145. The van der Waals surface area contributed by atoms with E-state index in [0.29, 0.717) is 6.42 Å². The highest BCUT2D eigenvalue weighted by Gasteiger charge is 2.31. The van der Waals surface area contributed by atoms with Crippen LogP contribution in [0.15, 0.2) is 61.2 Å². The van der Waals surface area contributed by atoms with E-state index in [1.54, 1.807) is 0 Å². The van der Waals surface area contributed by atoms with Gasteiger partial charge in [-0.25, -0.2) is 4.79 Å². The first kappa shape index (κ1) is 24.0. The minimum Gasteiger partial charge on any atom is -0.480 e. The molecule has 0 bridgehead atoms. The van der Waals surface area contributed by atoms with Gasteiger partial charge >= 0.3 is 12.1 Å². The molecule has 1 aliphatic carbocycles. The number of carbonyl (C=O) groups excluding carboxylic acids is 2. The van der Waals surface area contributed by atoms with Gasteiger partial charge in [-0.3, -0.25) is 9.59 Å². The van der Waals surface area contributed by atoms with Crippen LogP contribution in [0, 0.1) is 5.92 Å². The minimum atomic E-state index is -1.13. The van der Waals surface area contributed by atoms with Gasteiger partial charge in [0.1, 0.15) is 19.2 Å². The second-order valence-electron chi connectivity index (χ2n) is 8.55. The average molecular weight is 451 g/mol. The second kappa shape index (κ2) is 10.8. The maximum Gasteiger partial charge on any atom is 0.407 e. The van der Waals surface area contributed by atoms with Crippen LogP contribution in [0.25, 0.3) is 11.1 Å². The number of carboxylic acids is 1. The Kier molecular flexibility index (Phi) is 7.87. The van der Waals surface area contributed by atoms with Crippen LogP contribution in [0.1, 0.15) is 37.3 Å². The van der Waals surface area contributed by atoms with Gasteiger partial charge in [0.15, 0.2) is 0 Å². The van der Waals surface area contributed by atoms with Crippen molar-refractivity contribution in [1.82, 2.24) is 10.2 Å². The molecular formula is C26H30N2O5. The monoisotopic (exact) mass is 450 g/mol. The number of carboxylic acid groups (broad SMARTS) is 1. The van der Waals surface area contributed by atoms with E-state index in [2.05, 4.69) is 24.0 Å². The number of alkyl carbamates (subject to hydrolysis) is 1. The maximum atomic E-state index is 13.0. The second-order valence-corrected chi connectivity index (χ2v) is 8.55. The summed E-state index contributed by atoms with van der Waals surface area (Å²) in [7, 11) is 0. The molecule has 0 radical (unpaired) electrons. The third-order valence-electron chi connectivity index (χ3n) is 5.63. The molecule has 2 aromatic rings. The maximum absolute atomic E-state index is 13.0. The number of amides is 2. The first-order chi connectivity index (χ1) is 15.8. The lowest BCUT2D eigenvalue weighted by Crippen LogP contribution is -2.50. The summed E-state index contributed by atoms with van der Waals surface area (Å²) in [4.78, 5) is 38.0. The Labute approximate surface area is 194 Å². The van der Waals surface area contributed by atoms with E-state index in [-0.39, 0.29) is 25.0 Å². The molecule has 174 valence electrons. The average Bonchev–Trinajstić information content (AvgIpc) is 3.09. The molecule has 0 saturated heterocycles. The molecule has 0 aliphatic heterocycles. The number of hydrogen-bond acceptors (Lipinski definition) is 4. The van der Waals surface area contributed by atoms with Gasteiger partial charge in [0.2, 0.25) is 5.91 Å². The standard InChI is InChI=1S/C26H30N2O5/c1-4-13-28(15-24(29)30)25(31)23(14-17(2)3)27-26(32)33-16-22-20-11-7-5-9-18(20)19-10-6-8-12-21(19)22/h4-12,17,22-23H,1,13-16H2,2-3H3,(H,27,32)(H,29,30)/t23-/m1/s1. The minimum absolute atomic E-state index is 0.0755. The molecule has 3 rings (SSSR count). The fraction of sp³-hybridized carbons (Fsp3) is 0.346. The largest absolute Gasteiger partial charge is 0.480 e. The number of nitrogens with zero attached hydrogens (tertiary/aromatic N) is 1. The lowest BCUT2D eigenvalue weighted by Gasteiger charge is -2.27. The molecule has 1 aliphatic rings. The predicted molar refractivity (Wildman–Crippen MR) is 126 cm³/mol. The van der Waals surface area contributed by atoms with Crippen molar-refractivity contribution in [2.45, 2.75) is 32.2 Å². The number of nitrogens with one attached hydrogen (secondary N) is 1. The van der Waals surface area contributed by atoms with Crippen molar-refractivity contribution in [3.8, 4) is 11.1 Å². The van der Waals surface area contributed by atoms with Crippen molar-refractivity contribution in [2.24, 2.45) is 5.92 Å². The normalized spacial score (nSPS) is 13.1. The van der Waals surface area contributed by atoms with Gasteiger partial charge in [-0.2, -0.15) is 0 Å². The fourth-order valence-corrected chi connectivity index (χ4v) is 4.25. The molecule has 1 atom stereocenters. The molecule has 7 heteroatoms. The summed E-state index contributed by atoms with van der Waals surface area (Å²) in [6.07, 6.45) is 1.11. The highest BCUT2D eigenvalue weighted by Crippen LogP contribution is 2.44. The van der Waals surface area contributed by atoms with Crippen LogP contribution in [0.5, 0.6) is 0 Å². The number of carbonyl (C=O) groups is 3. The number of benzene rings is 2. The van der Waals surface area contributed by atoms with Crippen LogP contribution in [0.3, 0.4) is 0 Å². The number of aliphatic carboxylic acids is 1. The molecular weight excluding hydrogens is 420 g/mol. The van der Waals surface area contributed by atoms with Crippen molar-refractivity contribution in [3.63, 3.8) is 0 Å². The molecule has 0 heterocycles. The van der Waals surface area contributed by atoms with Crippen molar-refractivity contribution in [2.75, 3.05) is 19.7 Å². The zero-order valence-corrected chi connectivity index (χ0v) is 19.0. The van der Waals surface area contributed by atoms with E-state index in [1.807, 2.05) is 50.2 Å². The SMILES string of the molecule is C=CCN(CC(=O)O)C(=O)[C@@H](CC(C)C)NC(=O)OCC1c2ccccc2-c2ccccc21.